The maximum atomic E-state index is 12.7. The van der Waals surface area contributed by atoms with Gasteiger partial charge in [-0.05, 0) is 12.0 Å². The highest BCUT2D eigenvalue weighted by atomic mass is 35.5. The number of methoxy groups -OCH3 is 3. The first-order valence-electron chi connectivity index (χ1n) is 10.6. The zero-order valence-corrected chi connectivity index (χ0v) is 19.7. The highest BCUT2D eigenvalue weighted by Gasteiger charge is 2.23. The molecule has 1 amide bonds. The lowest BCUT2D eigenvalue weighted by Crippen LogP contribution is -2.36. The van der Waals surface area contributed by atoms with Crippen molar-refractivity contribution in [3.05, 3.63) is 40.9 Å². The minimum absolute atomic E-state index is 0.148. The molecule has 2 aliphatic rings. The second-order valence-electron chi connectivity index (χ2n) is 7.65. The number of anilines is 1. The summed E-state index contributed by atoms with van der Waals surface area (Å²) in [5.74, 6) is 3.06. The quantitative estimate of drug-likeness (QED) is 0.652. The van der Waals surface area contributed by atoms with Crippen LogP contribution in [0.4, 0.5) is 5.69 Å². The smallest absolute Gasteiger partial charge is 0.238 e. The topological polar surface area (TPSA) is 78.5 Å². The number of ether oxygens (including phenoxy) is 5. The van der Waals surface area contributed by atoms with Gasteiger partial charge in [-0.3, -0.25) is 9.69 Å². The maximum absolute atomic E-state index is 12.7. The first-order chi connectivity index (χ1) is 16.0. The van der Waals surface area contributed by atoms with Gasteiger partial charge in [-0.15, -0.1) is 0 Å². The van der Waals surface area contributed by atoms with Crippen LogP contribution in [0, 0.1) is 0 Å². The van der Waals surface area contributed by atoms with Crippen molar-refractivity contribution in [2.24, 2.45) is 0 Å². The second-order valence-corrected chi connectivity index (χ2v) is 8.05. The summed E-state index contributed by atoms with van der Waals surface area (Å²) in [6, 6.07) is 7.05. The summed E-state index contributed by atoms with van der Waals surface area (Å²) in [6.07, 6.45) is 2.85. The van der Waals surface area contributed by atoms with Crippen LogP contribution >= 0.6 is 11.6 Å². The Bertz CT molecular complexity index is 1050. The SMILES string of the molecule is COc1cc(OC)c(C2=CCN(CC(=O)Nc3cc4c(cc3Cl)OCCO4)CC2)c(OC)c1. The molecule has 0 spiro atoms. The van der Waals surface area contributed by atoms with Crippen LogP contribution in [0.15, 0.2) is 30.3 Å². The Balaban J connectivity index is 1.42. The van der Waals surface area contributed by atoms with Crippen molar-refractivity contribution in [2.45, 2.75) is 6.42 Å². The van der Waals surface area contributed by atoms with Crippen molar-refractivity contribution in [3.8, 4) is 28.7 Å². The van der Waals surface area contributed by atoms with Gasteiger partial charge in [-0.1, -0.05) is 17.7 Å². The number of benzene rings is 2. The minimum atomic E-state index is -0.148. The van der Waals surface area contributed by atoms with Crippen LogP contribution in [-0.2, 0) is 4.79 Å². The van der Waals surface area contributed by atoms with Gasteiger partial charge in [0.15, 0.2) is 11.5 Å². The molecule has 0 saturated heterocycles. The van der Waals surface area contributed by atoms with Gasteiger partial charge in [-0.2, -0.15) is 0 Å². The van der Waals surface area contributed by atoms with Crippen molar-refractivity contribution in [2.75, 3.05) is 59.5 Å². The lowest BCUT2D eigenvalue weighted by molar-refractivity contribution is -0.117. The predicted molar refractivity (Wildman–Crippen MR) is 126 cm³/mol. The summed E-state index contributed by atoms with van der Waals surface area (Å²) in [5, 5.41) is 3.29. The van der Waals surface area contributed by atoms with Gasteiger partial charge in [-0.25, -0.2) is 0 Å². The number of nitrogens with one attached hydrogen (secondary N) is 1. The van der Waals surface area contributed by atoms with E-state index in [1.54, 1.807) is 33.5 Å². The molecular formula is C24H27ClN2O6. The van der Waals surface area contributed by atoms with E-state index in [1.165, 1.54) is 0 Å². The largest absolute Gasteiger partial charge is 0.496 e. The molecule has 0 aliphatic carbocycles. The zero-order valence-electron chi connectivity index (χ0n) is 18.9. The van der Waals surface area contributed by atoms with E-state index in [9.17, 15) is 4.79 Å². The third-order valence-electron chi connectivity index (χ3n) is 5.60. The van der Waals surface area contributed by atoms with Crippen molar-refractivity contribution in [3.63, 3.8) is 0 Å². The van der Waals surface area contributed by atoms with E-state index < -0.39 is 0 Å². The van der Waals surface area contributed by atoms with Gasteiger partial charge in [0.1, 0.15) is 30.5 Å². The monoisotopic (exact) mass is 474 g/mol. The van der Waals surface area contributed by atoms with Gasteiger partial charge >= 0.3 is 0 Å². The van der Waals surface area contributed by atoms with Crippen molar-refractivity contribution in [1.29, 1.82) is 0 Å². The first kappa shape index (κ1) is 23.1. The number of hydrogen-bond donors (Lipinski definition) is 1. The van der Waals surface area contributed by atoms with Crippen LogP contribution in [-0.4, -0.2) is 65.0 Å². The van der Waals surface area contributed by atoms with E-state index in [4.69, 9.17) is 35.3 Å². The Morgan fingerprint density at radius 1 is 1.03 bits per heavy atom. The van der Waals surface area contributed by atoms with Crippen molar-refractivity contribution >= 4 is 28.8 Å². The first-order valence-corrected chi connectivity index (χ1v) is 11.0. The summed E-state index contributed by atoms with van der Waals surface area (Å²) in [5.41, 5.74) is 2.53. The molecule has 4 rings (SSSR count). The highest BCUT2D eigenvalue weighted by molar-refractivity contribution is 6.34. The summed E-state index contributed by atoms with van der Waals surface area (Å²) in [7, 11) is 4.86. The van der Waals surface area contributed by atoms with E-state index in [0.29, 0.717) is 65.8 Å². The number of nitrogens with zero attached hydrogens (tertiary/aromatic N) is 1. The third kappa shape index (κ3) is 5.12. The third-order valence-corrected chi connectivity index (χ3v) is 5.92. The number of carbonyl (C=O) groups excluding carboxylic acids is 1. The molecule has 2 aromatic rings. The van der Waals surface area contributed by atoms with E-state index in [2.05, 4.69) is 16.3 Å². The van der Waals surface area contributed by atoms with E-state index >= 15 is 0 Å². The molecule has 0 unspecified atom stereocenters. The number of hydrogen-bond acceptors (Lipinski definition) is 7. The summed E-state index contributed by atoms with van der Waals surface area (Å²) in [4.78, 5) is 14.7. The fraction of sp³-hybridized carbons (Fsp3) is 0.375. The minimum Gasteiger partial charge on any atom is -0.496 e. The summed E-state index contributed by atoms with van der Waals surface area (Å²) in [6.45, 7) is 2.52. The molecule has 2 aliphatic heterocycles. The summed E-state index contributed by atoms with van der Waals surface area (Å²) >= 11 is 6.31. The average Bonchev–Trinajstić information content (AvgIpc) is 2.84. The van der Waals surface area contributed by atoms with E-state index in [0.717, 1.165) is 17.6 Å². The van der Waals surface area contributed by atoms with Gasteiger partial charge < -0.3 is 29.0 Å². The normalized spacial score (nSPS) is 15.5. The Morgan fingerprint density at radius 2 is 1.70 bits per heavy atom. The van der Waals surface area contributed by atoms with Crippen LogP contribution in [0.2, 0.25) is 5.02 Å². The van der Waals surface area contributed by atoms with Crippen LogP contribution in [0.1, 0.15) is 12.0 Å². The van der Waals surface area contributed by atoms with Gasteiger partial charge in [0, 0.05) is 37.4 Å². The molecule has 1 N–H and O–H groups in total. The predicted octanol–water partition coefficient (Wildman–Crippen LogP) is 3.86. The number of amides is 1. The van der Waals surface area contributed by atoms with Crippen LogP contribution in [0.3, 0.4) is 0 Å². The lowest BCUT2D eigenvalue weighted by Gasteiger charge is -2.27. The van der Waals surface area contributed by atoms with Crippen molar-refractivity contribution < 1.29 is 28.5 Å². The Hall–Kier alpha value is -3.10. The molecule has 2 aromatic carbocycles. The number of carbonyl (C=O) groups is 1. The molecule has 0 saturated carbocycles. The Morgan fingerprint density at radius 3 is 2.27 bits per heavy atom. The lowest BCUT2D eigenvalue weighted by atomic mass is 9.97. The molecule has 0 radical (unpaired) electrons. The fourth-order valence-electron chi connectivity index (χ4n) is 3.96. The highest BCUT2D eigenvalue weighted by Crippen LogP contribution is 2.41. The molecule has 8 nitrogen and oxygen atoms in total. The van der Waals surface area contributed by atoms with E-state index in [1.807, 2.05) is 12.1 Å². The number of fused-ring (bicyclic) bond motifs is 1. The van der Waals surface area contributed by atoms with Crippen molar-refractivity contribution in [1.82, 2.24) is 4.90 Å². The van der Waals surface area contributed by atoms with Gasteiger partial charge in [0.05, 0.1) is 44.1 Å². The number of halogens is 1. The molecular weight excluding hydrogens is 448 g/mol. The molecule has 0 fully saturated rings. The molecule has 0 bridgehead atoms. The molecule has 0 atom stereocenters. The molecule has 0 aromatic heterocycles. The average molecular weight is 475 g/mol. The molecule has 176 valence electrons. The molecule has 33 heavy (non-hydrogen) atoms. The van der Waals surface area contributed by atoms with Crippen LogP contribution in [0.25, 0.3) is 5.57 Å². The fourth-order valence-corrected chi connectivity index (χ4v) is 4.16. The maximum Gasteiger partial charge on any atom is 0.238 e. The molecule has 2 heterocycles. The second kappa shape index (κ2) is 10.2. The Labute approximate surface area is 198 Å². The summed E-state index contributed by atoms with van der Waals surface area (Å²) < 4.78 is 27.6. The van der Waals surface area contributed by atoms with Gasteiger partial charge in [0.2, 0.25) is 5.91 Å². The molecule has 9 heteroatoms. The van der Waals surface area contributed by atoms with Gasteiger partial charge in [0.25, 0.3) is 0 Å². The zero-order chi connectivity index (χ0) is 23.4. The van der Waals surface area contributed by atoms with Crippen LogP contribution in [0.5, 0.6) is 28.7 Å². The van der Waals surface area contributed by atoms with E-state index in [-0.39, 0.29) is 12.5 Å². The number of rotatable bonds is 7. The Kier molecular flexibility index (Phi) is 7.15. The van der Waals surface area contributed by atoms with Crippen LogP contribution < -0.4 is 29.0 Å². The standard InChI is InChI=1S/C24H27ClN2O6/c1-29-16-10-21(30-2)24(22(11-16)31-3)15-4-6-27(7-5-15)14-23(28)26-18-13-20-19(12-17(18)25)32-8-9-33-20/h4,10-13H,5-9,14H2,1-3H3,(H,26,28).